The molecule has 0 aromatic heterocycles. The van der Waals surface area contributed by atoms with Crippen LogP contribution in [0.25, 0.3) is 0 Å². The van der Waals surface area contributed by atoms with Gasteiger partial charge in [-0.1, -0.05) is 29.3 Å². The van der Waals surface area contributed by atoms with Crippen molar-refractivity contribution >= 4 is 33.2 Å². The minimum absolute atomic E-state index is 0.0358. The lowest BCUT2D eigenvalue weighted by Crippen LogP contribution is -2.39. The molecule has 0 saturated carbocycles. The highest BCUT2D eigenvalue weighted by Gasteiger charge is 2.22. The van der Waals surface area contributed by atoms with Gasteiger partial charge in [0.25, 0.3) is 0 Å². The minimum atomic E-state index is -3.11. The molecule has 0 radical (unpaired) electrons. The summed E-state index contributed by atoms with van der Waals surface area (Å²) in [6.45, 7) is 3.52. The van der Waals surface area contributed by atoms with Gasteiger partial charge in [0.15, 0.2) is 0 Å². The van der Waals surface area contributed by atoms with Crippen LogP contribution in [-0.2, 0) is 14.8 Å². The second-order valence-corrected chi connectivity index (χ2v) is 8.00. The fourth-order valence-electron chi connectivity index (χ4n) is 2.38. The highest BCUT2D eigenvalue weighted by molar-refractivity contribution is 7.88. The molecule has 5 nitrogen and oxygen atoms in total. The molecule has 1 fully saturated rings. The van der Waals surface area contributed by atoms with Crippen LogP contribution in [0.2, 0.25) is 10.0 Å². The van der Waals surface area contributed by atoms with Crippen LogP contribution in [-0.4, -0.2) is 52.4 Å². The van der Waals surface area contributed by atoms with E-state index in [9.17, 15) is 8.42 Å². The molecule has 1 aromatic rings. The summed E-state index contributed by atoms with van der Waals surface area (Å²) in [6, 6.07) is 5.54. The summed E-state index contributed by atoms with van der Waals surface area (Å²) in [4.78, 5) is 2.26. The van der Waals surface area contributed by atoms with Gasteiger partial charge in [-0.15, -0.1) is 0 Å². The van der Waals surface area contributed by atoms with Gasteiger partial charge in [-0.3, -0.25) is 4.90 Å². The van der Waals surface area contributed by atoms with Crippen molar-refractivity contribution in [2.45, 2.75) is 12.5 Å². The van der Waals surface area contributed by atoms with Gasteiger partial charge in [0.1, 0.15) is 0 Å². The molecule has 1 unspecified atom stereocenters. The van der Waals surface area contributed by atoms with Crippen molar-refractivity contribution in [3.05, 3.63) is 33.8 Å². The number of rotatable bonds is 6. The van der Waals surface area contributed by atoms with E-state index in [1.165, 1.54) is 6.26 Å². The fourth-order valence-corrected chi connectivity index (χ4v) is 3.20. The van der Waals surface area contributed by atoms with Crippen molar-refractivity contribution in [2.75, 3.05) is 39.0 Å². The lowest BCUT2D eigenvalue weighted by molar-refractivity contribution is -0.0300. The molecule has 8 heteroatoms. The molecular formula is C14H20Cl2N2O3S. The molecule has 22 heavy (non-hydrogen) atoms. The Labute approximate surface area is 141 Å². The maximum absolute atomic E-state index is 11.0. The number of benzene rings is 1. The lowest BCUT2D eigenvalue weighted by Gasteiger charge is -2.33. The minimum Gasteiger partial charge on any atom is -0.371 e. The second kappa shape index (κ2) is 7.95. The van der Waals surface area contributed by atoms with Crippen molar-refractivity contribution < 1.29 is 13.2 Å². The number of sulfonamides is 1. The lowest BCUT2D eigenvalue weighted by atomic mass is 10.1. The van der Waals surface area contributed by atoms with E-state index < -0.39 is 10.0 Å². The topological polar surface area (TPSA) is 58.6 Å². The molecule has 1 aliphatic heterocycles. The Kier molecular flexibility index (Phi) is 6.49. The number of hydrogen-bond acceptors (Lipinski definition) is 4. The van der Waals surface area contributed by atoms with Crippen molar-refractivity contribution in [1.82, 2.24) is 9.62 Å². The first-order valence-electron chi connectivity index (χ1n) is 7.09. The van der Waals surface area contributed by atoms with Gasteiger partial charge in [-0.25, -0.2) is 13.1 Å². The molecule has 1 heterocycles. The van der Waals surface area contributed by atoms with Crippen molar-refractivity contribution in [2.24, 2.45) is 0 Å². The first-order valence-corrected chi connectivity index (χ1v) is 9.73. The first kappa shape index (κ1) is 18.0. The number of halogens is 2. The van der Waals surface area contributed by atoms with Crippen LogP contribution >= 0.6 is 23.2 Å². The van der Waals surface area contributed by atoms with E-state index in [4.69, 9.17) is 27.9 Å². The van der Waals surface area contributed by atoms with E-state index in [1.807, 2.05) is 12.1 Å². The average molecular weight is 367 g/mol. The fraction of sp³-hybridized carbons (Fsp3) is 0.571. The molecule has 1 aliphatic rings. The van der Waals surface area contributed by atoms with Crippen molar-refractivity contribution in [3.63, 3.8) is 0 Å². The molecule has 0 amide bonds. The molecular weight excluding hydrogens is 347 g/mol. The number of nitrogens with zero attached hydrogens (tertiary/aromatic N) is 1. The highest BCUT2D eigenvalue weighted by Crippen LogP contribution is 2.28. The number of ether oxygens (including phenoxy) is 1. The molecule has 1 aromatic carbocycles. The van der Waals surface area contributed by atoms with Crippen LogP contribution in [0, 0.1) is 0 Å². The zero-order chi connectivity index (χ0) is 16.2. The van der Waals surface area contributed by atoms with E-state index >= 15 is 0 Å². The summed E-state index contributed by atoms with van der Waals surface area (Å²) in [5.74, 6) is 0. The van der Waals surface area contributed by atoms with E-state index in [2.05, 4.69) is 9.62 Å². The Morgan fingerprint density at radius 2 is 2.14 bits per heavy atom. The Bertz CT molecular complexity index is 610. The molecule has 0 bridgehead atoms. The van der Waals surface area contributed by atoms with Crippen LogP contribution in [0.5, 0.6) is 0 Å². The van der Waals surface area contributed by atoms with E-state index in [1.54, 1.807) is 6.07 Å². The SMILES string of the molecule is CS(=O)(=O)NCCCN1CCOC(c2ccc(Cl)c(Cl)c2)C1. The number of morpholine rings is 1. The molecule has 1 saturated heterocycles. The van der Waals surface area contributed by atoms with Crippen LogP contribution in [0.1, 0.15) is 18.1 Å². The summed E-state index contributed by atoms with van der Waals surface area (Å²) in [6.07, 6.45) is 1.90. The summed E-state index contributed by atoms with van der Waals surface area (Å²) in [7, 11) is -3.11. The van der Waals surface area contributed by atoms with Gasteiger partial charge in [0.2, 0.25) is 10.0 Å². The van der Waals surface area contributed by atoms with E-state index in [0.717, 1.165) is 31.6 Å². The Balaban J connectivity index is 1.85. The van der Waals surface area contributed by atoms with Gasteiger partial charge >= 0.3 is 0 Å². The smallest absolute Gasteiger partial charge is 0.208 e. The zero-order valence-corrected chi connectivity index (χ0v) is 14.7. The van der Waals surface area contributed by atoms with Crippen molar-refractivity contribution in [3.8, 4) is 0 Å². The van der Waals surface area contributed by atoms with Crippen LogP contribution in [0.4, 0.5) is 0 Å². The summed E-state index contributed by atoms with van der Waals surface area (Å²) < 4.78 is 30.3. The third-order valence-corrected chi connectivity index (χ3v) is 4.95. The number of nitrogens with one attached hydrogen (secondary N) is 1. The van der Waals surface area contributed by atoms with Crippen molar-refractivity contribution in [1.29, 1.82) is 0 Å². The molecule has 1 atom stereocenters. The van der Waals surface area contributed by atoms with Gasteiger partial charge in [-0.05, 0) is 30.7 Å². The maximum Gasteiger partial charge on any atom is 0.208 e. The molecule has 0 spiro atoms. The van der Waals surface area contributed by atoms with Gasteiger partial charge < -0.3 is 4.74 Å². The Hall–Kier alpha value is -0.370. The quantitative estimate of drug-likeness (QED) is 0.784. The largest absolute Gasteiger partial charge is 0.371 e. The average Bonchev–Trinajstić information content (AvgIpc) is 2.46. The first-order chi connectivity index (χ1) is 10.3. The Morgan fingerprint density at radius 1 is 1.36 bits per heavy atom. The van der Waals surface area contributed by atoms with Gasteiger partial charge in [0, 0.05) is 19.6 Å². The molecule has 124 valence electrons. The summed E-state index contributed by atoms with van der Waals surface area (Å²) in [5, 5.41) is 1.06. The Morgan fingerprint density at radius 3 is 2.82 bits per heavy atom. The highest BCUT2D eigenvalue weighted by atomic mass is 35.5. The molecule has 1 N–H and O–H groups in total. The predicted octanol–water partition coefficient (Wildman–Crippen LogP) is 2.31. The molecule has 2 rings (SSSR count). The van der Waals surface area contributed by atoms with Crippen LogP contribution < -0.4 is 4.72 Å². The van der Waals surface area contributed by atoms with E-state index in [0.29, 0.717) is 23.2 Å². The maximum atomic E-state index is 11.0. The van der Waals surface area contributed by atoms with E-state index in [-0.39, 0.29) is 6.10 Å². The monoisotopic (exact) mass is 366 g/mol. The molecule has 0 aliphatic carbocycles. The summed E-state index contributed by atoms with van der Waals surface area (Å²) >= 11 is 12.0. The van der Waals surface area contributed by atoms with Gasteiger partial charge in [0.05, 0.1) is 29.0 Å². The third-order valence-electron chi connectivity index (χ3n) is 3.48. The normalized spacial score (nSPS) is 20.2. The van der Waals surface area contributed by atoms with Crippen LogP contribution in [0.3, 0.4) is 0 Å². The van der Waals surface area contributed by atoms with Crippen LogP contribution in [0.15, 0.2) is 18.2 Å². The predicted molar refractivity (Wildman–Crippen MR) is 89.1 cm³/mol. The summed E-state index contributed by atoms with van der Waals surface area (Å²) in [5.41, 5.74) is 1.01. The van der Waals surface area contributed by atoms with Gasteiger partial charge in [-0.2, -0.15) is 0 Å². The zero-order valence-electron chi connectivity index (χ0n) is 12.4. The standard InChI is InChI=1S/C14H20Cl2N2O3S/c1-22(19,20)17-5-2-6-18-7-8-21-14(10-18)11-3-4-12(15)13(16)9-11/h3-4,9,14,17H,2,5-8,10H2,1H3. The number of hydrogen-bond donors (Lipinski definition) is 1. The second-order valence-electron chi connectivity index (χ2n) is 5.35. The third kappa shape index (κ3) is 5.68.